The van der Waals surface area contributed by atoms with Crippen LogP contribution in [0.15, 0.2) is 40.3 Å². The van der Waals surface area contributed by atoms with Gasteiger partial charge in [-0.1, -0.05) is 23.2 Å². The molecule has 1 aromatic carbocycles. The fraction of sp³-hybridized carbons (Fsp3) is 0.176. The summed E-state index contributed by atoms with van der Waals surface area (Å²) in [4.78, 5) is 11.9. The van der Waals surface area contributed by atoms with Gasteiger partial charge in [0.1, 0.15) is 23.2 Å². The highest BCUT2D eigenvalue weighted by Crippen LogP contribution is 2.32. The highest BCUT2D eigenvalue weighted by Gasteiger charge is 2.24. The first kappa shape index (κ1) is 15.7. The molecule has 0 radical (unpaired) electrons. The van der Waals surface area contributed by atoms with Gasteiger partial charge in [0.2, 0.25) is 0 Å². The second-order valence-electron chi connectivity index (χ2n) is 5.24. The maximum Gasteiger partial charge on any atom is 0.262 e. The average molecular weight is 347 g/mol. The van der Waals surface area contributed by atoms with Crippen LogP contribution in [0.1, 0.15) is 18.6 Å². The first-order valence-corrected chi connectivity index (χ1v) is 7.80. The van der Waals surface area contributed by atoms with Crippen LogP contribution in [-0.4, -0.2) is 11.9 Å². The van der Waals surface area contributed by atoms with E-state index in [1.165, 1.54) is 6.08 Å². The van der Waals surface area contributed by atoms with E-state index in [-0.39, 0.29) is 17.5 Å². The predicted molar refractivity (Wildman–Crippen MR) is 88.9 cm³/mol. The van der Waals surface area contributed by atoms with E-state index in [9.17, 15) is 4.79 Å². The molecule has 0 bridgehead atoms. The van der Waals surface area contributed by atoms with Crippen LogP contribution in [0.4, 0.5) is 0 Å². The molecule has 3 rings (SSSR count). The quantitative estimate of drug-likeness (QED) is 0.657. The monoisotopic (exact) mass is 346 g/mol. The van der Waals surface area contributed by atoms with Crippen molar-refractivity contribution in [2.75, 3.05) is 0 Å². The van der Waals surface area contributed by atoms with Crippen molar-refractivity contribution < 1.29 is 9.21 Å². The lowest BCUT2D eigenvalue weighted by Gasteiger charge is -2.02. The van der Waals surface area contributed by atoms with Crippen molar-refractivity contribution in [2.24, 2.45) is 0 Å². The molecular formula is C17H12Cl2N2O2. The Morgan fingerprint density at radius 1 is 1.30 bits per heavy atom. The van der Waals surface area contributed by atoms with Crippen LogP contribution < -0.4 is 5.32 Å². The molecule has 0 unspecified atom stereocenters. The molecule has 0 atom stereocenters. The first-order valence-electron chi connectivity index (χ1n) is 7.05. The van der Waals surface area contributed by atoms with E-state index in [2.05, 4.69) is 5.32 Å². The summed E-state index contributed by atoms with van der Waals surface area (Å²) in [5, 5.41) is 13.0. The zero-order chi connectivity index (χ0) is 16.4. The number of carbonyl (C=O) groups excluding carboxylic acids is 1. The molecule has 0 saturated heterocycles. The third kappa shape index (κ3) is 3.76. The molecule has 0 aliphatic heterocycles. The Kier molecular flexibility index (Phi) is 4.42. The van der Waals surface area contributed by atoms with E-state index in [4.69, 9.17) is 32.9 Å². The Morgan fingerprint density at radius 2 is 2.09 bits per heavy atom. The van der Waals surface area contributed by atoms with Gasteiger partial charge in [0, 0.05) is 22.7 Å². The van der Waals surface area contributed by atoms with Crippen molar-refractivity contribution in [3.8, 4) is 17.4 Å². The first-order chi connectivity index (χ1) is 11.1. The normalized spacial score (nSPS) is 14.4. The molecule has 1 aromatic heterocycles. The van der Waals surface area contributed by atoms with E-state index in [0.29, 0.717) is 27.1 Å². The molecule has 23 heavy (non-hydrogen) atoms. The average Bonchev–Trinajstić information content (AvgIpc) is 3.22. The van der Waals surface area contributed by atoms with Crippen molar-refractivity contribution in [3.63, 3.8) is 0 Å². The predicted octanol–water partition coefficient (Wildman–Crippen LogP) is 4.44. The van der Waals surface area contributed by atoms with Crippen LogP contribution in [0.3, 0.4) is 0 Å². The number of nitrogens with one attached hydrogen (secondary N) is 1. The summed E-state index contributed by atoms with van der Waals surface area (Å²) in [6, 6.07) is 10.5. The van der Waals surface area contributed by atoms with Gasteiger partial charge in [-0.05, 0) is 43.2 Å². The van der Waals surface area contributed by atoms with Gasteiger partial charge in [0.25, 0.3) is 5.91 Å². The van der Waals surface area contributed by atoms with Crippen molar-refractivity contribution in [1.29, 1.82) is 5.26 Å². The number of rotatable bonds is 4. The molecule has 6 heteroatoms. The second kappa shape index (κ2) is 6.49. The number of benzene rings is 1. The Labute approximate surface area is 143 Å². The van der Waals surface area contributed by atoms with Crippen molar-refractivity contribution >= 4 is 35.2 Å². The van der Waals surface area contributed by atoms with E-state index in [1.54, 1.807) is 30.3 Å². The van der Waals surface area contributed by atoms with E-state index >= 15 is 0 Å². The van der Waals surface area contributed by atoms with Crippen LogP contribution in [0.2, 0.25) is 10.0 Å². The van der Waals surface area contributed by atoms with Crippen molar-refractivity contribution in [3.05, 3.63) is 51.7 Å². The summed E-state index contributed by atoms with van der Waals surface area (Å²) in [5.41, 5.74) is 0.662. The van der Waals surface area contributed by atoms with E-state index in [1.807, 2.05) is 6.07 Å². The number of nitrogens with zero attached hydrogens (tertiary/aromatic N) is 1. The molecule has 4 nitrogen and oxygen atoms in total. The lowest BCUT2D eigenvalue weighted by atomic mass is 10.2. The van der Waals surface area contributed by atoms with Crippen molar-refractivity contribution in [2.45, 2.75) is 18.9 Å². The topological polar surface area (TPSA) is 66.0 Å². The fourth-order valence-corrected chi connectivity index (χ4v) is 2.43. The lowest BCUT2D eigenvalue weighted by Crippen LogP contribution is -2.26. The Balaban J connectivity index is 1.85. The van der Waals surface area contributed by atoms with Crippen LogP contribution in [-0.2, 0) is 4.79 Å². The highest BCUT2D eigenvalue weighted by atomic mass is 35.5. The Hall–Kier alpha value is -2.22. The Bertz CT molecular complexity index is 829. The number of halogens is 2. The molecule has 0 spiro atoms. The van der Waals surface area contributed by atoms with Crippen LogP contribution in [0, 0.1) is 11.3 Å². The van der Waals surface area contributed by atoms with Gasteiger partial charge < -0.3 is 9.73 Å². The van der Waals surface area contributed by atoms with Gasteiger partial charge in [-0.3, -0.25) is 4.79 Å². The molecule has 1 amide bonds. The standard InChI is InChI=1S/C17H12Cl2N2O2/c18-11-1-5-15(19)14(8-11)16-6-4-13(23-16)7-10(9-20)17(22)21-12-2-3-12/h1,4-8,12H,2-3H2,(H,21,22)/b10-7+. The second-order valence-corrected chi connectivity index (χ2v) is 6.09. The molecule has 116 valence electrons. The number of amides is 1. The zero-order valence-corrected chi connectivity index (χ0v) is 13.5. The molecule has 1 saturated carbocycles. The number of furan rings is 1. The van der Waals surface area contributed by atoms with Crippen LogP contribution in [0.25, 0.3) is 17.4 Å². The number of nitriles is 1. The summed E-state index contributed by atoms with van der Waals surface area (Å²) in [6.07, 6.45) is 3.34. The summed E-state index contributed by atoms with van der Waals surface area (Å²) in [5.74, 6) is 0.538. The van der Waals surface area contributed by atoms with Gasteiger partial charge in [0.15, 0.2) is 0 Å². The number of carbonyl (C=O) groups is 1. The third-order valence-electron chi connectivity index (χ3n) is 3.38. The molecule has 1 heterocycles. The fourth-order valence-electron chi connectivity index (χ4n) is 2.04. The van der Waals surface area contributed by atoms with Crippen LogP contribution in [0.5, 0.6) is 0 Å². The Morgan fingerprint density at radius 3 is 2.78 bits per heavy atom. The number of hydrogen-bond donors (Lipinski definition) is 1. The van der Waals surface area contributed by atoms with Gasteiger partial charge in [-0.2, -0.15) is 5.26 Å². The third-order valence-corrected chi connectivity index (χ3v) is 3.95. The van der Waals surface area contributed by atoms with Gasteiger partial charge in [-0.15, -0.1) is 0 Å². The zero-order valence-electron chi connectivity index (χ0n) is 12.0. The molecule has 1 aliphatic carbocycles. The minimum Gasteiger partial charge on any atom is -0.457 e. The van der Waals surface area contributed by atoms with E-state index < -0.39 is 0 Å². The summed E-state index contributed by atoms with van der Waals surface area (Å²) in [6.45, 7) is 0. The lowest BCUT2D eigenvalue weighted by molar-refractivity contribution is -0.117. The SMILES string of the molecule is N#C/C(=C\c1ccc(-c2cc(Cl)ccc2Cl)o1)C(=O)NC1CC1. The summed E-state index contributed by atoms with van der Waals surface area (Å²) >= 11 is 12.1. The summed E-state index contributed by atoms with van der Waals surface area (Å²) < 4.78 is 5.66. The molecule has 1 aliphatic rings. The highest BCUT2D eigenvalue weighted by molar-refractivity contribution is 6.35. The van der Waals surface area contributed by atoms with E-state index in [0.717, 1.165) is 12.8 Å². The minimum atomic E-state index is -0.381. The van der Waals surface area contributed by atoms with Gasteiger partial charge in [0.05, 0.1) is 5.02 Å². The maximum atomic E-state index is 11.9. The largest absolute Gasteiger partial charge is 0.457 e. The van der Waals surface area contributed by atoms with Gasteiger partial charge in [-0.25, -0.2) is 0 Å². The molecular weight excluding hydrogens is 335 g/mol. The molecule has 1 fully saturated rings. The summed E-state index contributed by atoms with van der Waals surface area (Å²) in [7, 11) is 0. The maximum absolute atomic E-state index is 11.9. The smallest absolute Gasteiger partial charge is 0.262 e. The van der Waals surface area contributed by atoms with Crippen LogP contribution >= 0.6 is 23.2 Å². The van der Waals surface area contributed by atoms with Crippen molar-refractivity contribution in [1.82, 2.24) is 5.32 Å². The molecule has 1 N–H and O–H groups in total. The minimum absolute atomic E-state index is 0.00925. The van der Waals surface area contributed by atoms with Gasteiger partial charge >= 0.3 is 0 Å². The molecule has 2 aromatic rings. The number of hydrogen-bond acceptors (Lipinski definition) is 3.